The van der Waals surface area contributed by atoms with Crippen LogP contribution in [0, 0.1) is 0 Å². The smallest absolute Gasteiger partial charge is 0.242 e. The van der Waals surface area contributed by atoms with Gasteiger partial charge in [-0.25, -0.2) is 0 Å². The van der Waals surface area contributed by atoms with Gasteiger partial charge in [0.05, 0.1) is 6.54 Å². The molecule has 0 spiro atoms. The van der Waals surface area contributed by atoms with E-state index in [0.29, 0.717) is 19.1 Å². The number of hydrogen-bond acceptors (Lipinski definition) is 3. The summed E-state index contributed by atoms with van der Waals surface area (Å²) in [6, 6.07) is 11.3. The number of likely N-dealkylation sites (N-methyl/N-ethyl adjacent to an activating group) is 1. The minimum Gasteiger partial charge on any atom is -0.352 e. The number of nitrogens with zero attached hydrogens (tertiary/aromatic N) is 3. The van der Waals surface area contributed by atoms with Gasteiger partial charge in [0.1, 0.15) is 0 Å². The van der Waals surface area contributed by atoms with Crippen LogP contribution in [0.1, 0.15) is 44.6 Å². The van der Waals surface area contributed by atoms with E-state index in [-0.39, 0.29) is 12.5 Å². The lowest BCUT2D eigenvalue weighted by Gasteiger charge is -2.24. The van der Waals surface area contributed by atoms with Crippen LogP contribution < -0.4 is 10.6 Å². The third-order valence-corrected chi connectivity index (χ3v) is 5.98. The van der Waals surface area contributed by atoms with E-state index in [2.05, 4.69) is 32.7 Å². The molecule has 0 bridgehead atoms. The predicted molar refractivity (Wildman–Crippen MR) is 114 cm³/mol. The Labute approximate surface area is 169 Å². The number of benzene rings is 1. The van der Waals surface area contributed by atoms with Crippen LogP contribution >= 0.6 is 0 Å². The highest BCUT2D eigenvalue weighted by atomic mass is 16.2. The van der Waals surface area contributed by atoms with Crippen molar-refractivity contribution < 1.29 is 4.79 Å². The summed E-state index contributed by atoms with van der Waals surface area (Å²) in [7, 11) is 1.77. The molecule has 28 heavy (non-hydrogen) atoms. The maximum Gasteiger partial charge on any atom is 0.242 e. The third-order valence-electron chi connectivity index (χ3n) is 5.98. The third kappa shape index (κ3) is 5.71. The van der Waals surface area contributed by atoms with E-state index in [1.165, 1.54) is 32.2 Å². The topological polar surface area (TPSA) is 60.0 Å². The van der Waals surface area contributed by atoms with E-state index in [4.69, 9.17) is 0 Å². The van der Waals surface area contributed by atoms with Gasteiger partial charge in [-0.3, -0.25) is 14.7 Å². The molecule has 0 aromatic heterocycles. The quantitative estimate of drug-likeness (QED) is 0.558. The molecule has 6 heteroatoms. The first-order valence-corrected chi connectivity index (χ1v) is 10.7. The first-order chi connectivity index (χ1) is 13.7. The fourth-order valence-corrected chi connectivity index (χ4v) is 4.35. The fourth-order valence-electron chi connectivity index (χ4n) is 4.35. The number of likely N-dealkylation sites (tertiary alicyclic amines) is 1. The van der Waals surface area contributed by atoms with Crippen LogP contribution in [0.25, 0.3) is 0 Å². The minimum atomic E-state index is 0.0910. The molecule has 1 amide bonds. The van der Waals surface area contributed by atoms with Crippen molar-refractivity contribution in [3.8, 4) is 0 Å². The summed E-state index contributed by atoms with van der Waals surface area (Å²) in [5, 5.41) is 6.72. The van der Waals surface area contributed by atoms with Gasteiger partial charge in [0, 0.05) is 45.3 Å². The van der Waals surface area contributed by atoms with Crippen LogP contribution in [0.2, 0.25) is 0 Å². The van der Waals surface area contributed by atoms with E-state index >= 15 is 0 Å². The van der Waals surface area contributed by atoms with Crippen molar-refractivity contribution >= 4 is 11.9 Å². The molecule has 1 saturated heterocycles. The van der Waals surface area contributed by atoms with E-state index < -0.39 is 0 Å². The standard InChI is InChI=1S/C22H35N5O/c1-3-26(16-18-9-5-4-6-10-18)21(28)15-24-22(23-2)25-19-13-14-27(17-19)20-11-7-8-12-20/h4-6,9-10,19-20H,3,7-8,11-17H2,1-2H3,(H2,23,24,25). The van der Waals surface area contributed by atoms with Crippen molar-refractivity contribution in [2.75, 3.05) is 33.2 Å². The summed E-state index contributed by atoms with van der Waals surface area (Å²) < 4.78 is 0. The van der Waals surface area contributed by atoms with Crippen molar-refractivity contribution in [2.45, 2.75) is 57.7 Å². The summed E-state index contributed by atoms with van der Waals surface area (Å²) in [4.78, 5) is 21.4. The van der Waals surface area contributed by atoms with Gasteiger partial charge in [0.25, 0.3) is 0 Å². The molecule has 1 atom stereocenters. The van der Waals surface area contributed by atoms with Crippen molar-refractivity contribution in [1.82, 2.24) is 20.4 Å². The molecule has 1 aromatic carbocycles. The van der Waals surface area contributed by atoms with Crippen LogP contribution in [0.5, 0.6) is 0 Å². The number of amides is 1. The normalized spacial score (nSPS) is 21.1. The van der Waals surface area contributed by atoms with E-state index in [0.717, 1.165) is 30.5 Å². The number of carbonyl (C=O) groups is 1. The first kappa shape index (κ1) is 20.6. The van der Waals surface area contributed by atoms with Crippen molar-refractivity contribution in [3.63, 3.8) is 0 Å². The maximum absolute atomic E-state index is 12.6. The van der Waals surface area contributed by atoms with Crippen molar-refractivity contribution in [1.29, 1.82) is 0 Å². The predicted octanol–water partition coefficient (Wildman–Crippen LogP) is 2.22. The summed E-state index contributed by atoms with van der Waals surface area (Å²) in [6.45, 7) is 5.86. The summed E-state index contributed by atoms with van der Waals surface area (Å²) in [5.41, 5.74) is 1.15. The van der Waals surface area contributed by atoms with E-state index in [9.17, 15) is 4.79 Å². The van der Waals surface area contributed by atoms with Gasteiger partial charge in [-0.1, -0.05) is 43.2 Å². The summed E-state index contributed by atoms with van der Waals surface area (Å²) >= 11 is 0. The summed E-state index contributed by atoms with van der Waals surface area (Å²) in [5.74, 6) is 0.815. The largest absolute Gasteiger partial charge is 0.352 e. The van der Waals surface area contributed by atoms with Gasteiger partial charge in [0.15, 0.2) is 5.96 Å². The molecule has 2 N–H and O–H groups in total. The first-order valence-electron chi connectivity index (χ1n) is 10.7. The Morgan fingerprint density at radius 3 is 2.64 bits per heavy atom. The molecule has 1 aromatic rings. The number of nitrogens with one attached hydrogen (secondary N) is 2. The molecule has 1 unspecified atom stereocenters. The number of aliphatic imine (C=N–C) groups is 1. The highest BCUT2D eigenvalue weighted by molar-refractivity contribution is 5.86. The molecule has 154 valence electrons. The van der Waals surface area contributed by atoms with E-state index in [1.54, 1.807) is 7.05 Å². The second kappa shape index (κ2) is 10.5. The second-order valence-electron chi connectivity index (χ2n) is 7.88. The molecule has 1 aliphatic heterocycles. The van der Waals surface area contributed by atoms with Gasteiger partial charge < -0.3 is 15.5 Å². The zero-order valence-corrected chi connectivity index (χ0v) is 17.4. The molecule has 2 fully saturated rings. The Kier molecular flexibility index (Phi) is 7.71. The zero-order valence-electron chi connectivity index (χ0n) is 17.4. The lowest BCUT2D eigenvalue weighted by molar-refractivity contribution is -0.130. The van der Waals surface area contributed by atoms with Gasteiger partial charge >= 0.3 is 0 Å². The fraction of sp³-hybridized carbons (Fsp3) is 0.636. The number of guanidine groups is 1. The van der Waals surface area contributed by atoms with Gasteiger partial charge in [0.2, 0.25) is 5.91 Å². The van der Waals surface area contributed by atoms with Crippen molar-refractivity contribution in [2.24, 2.45) is 4.99 Å². The average Bonchev–Trinajstić information content (AvgIpc) is 3.41. The Balaban J connectivity index is 1.43. The zero-order chi connectivity index (χ0) is 19.8. The maximum atomic E-state index is 12.6. The van der Waals surface area contributed by atoms with E-state index in [1.807, 2.05) is 30.0 Å². The van der Waals surface area contributed by atoms with Crippen LogP contribution in [-0.2, 0) is 11.3 Å². The number of hydrogen-bond donors (Lipinski definition) is 2. The van der Waals surface area contributed by atoms with Gasteiger partial charge in [-0.15, -0.1) is 0 Å². The Morgan fingerprint density at radius 1 is 1.21 bits per heavy atom. The molecule has 3 rings (SSSR count). The lowest BCUT2D eigenvalue weighted by Crippen LogP contribution is -2.48. The van der Waals surface area contributed by atoms with Gasteiger partial charge in [-0.05, 0) is 31.7 Å². The molecule has 2 aliphatic rings. The SMILES string of the molecule is CCN(Cc1ccccc1)C(=O)CNC(=NC)NC1CCN(C2CCCC2)C1. The van der Waals surface area contributed by atoms with Crippen molar-refractivity contribution in [3.05, 3.63) is 35.9 Å². The van der Waals surface area contributed by atoms with Crippen LogP contribution in [0.3, 0.4) is 0 Å². The molecule has 1 aliphatic carbocycles. The molecule has 6 nitrogen and oxygen atoms in total. The monoisotopic (exact) mass is 385 g/mol. The Hall–Kier alpha value is -2.08. The van der Waals surface area contributed by atoms with Crippen LogP contribution in [-0.4, -0.2) is 67.0 Å². The highest BCUT2D eigenvalue weighted by Gasteiger charge is 2.30. The number of rotatable bonds is 7. The van der Waals surface area contributed by atoms with Crippen LogP contribution in [0.15, 0.2) is 35.3 Å². The summed E-state index contributed by atoms with van der Waals surface area (Å²) in [6.07, 6.45) is 6.59. The minimum absolute atomic E-state index is 0.0910. The Morgan fingerprint density at radius 2 is 1.96 bits per heavy atom. The molecule has 1 saturated carbocycles. The highest BCUT2D eigenvalue weighted by Crippen LogP contribution is 2.26. The average molecular weight is 386 g/mol. The van der Waals surface area contributed by atoms with Crippen LogP contribution in [0.4, 0.5) is 0 Å². The Bertz CT molecular complexity index is 642. The number of carbonyl (C=O) groups excluding carboxylic acids is 1. The second-order valence-corrected chi connectivity index (χ2v) is 7.88. The molecule has 0 radical (unpaired) electrons. The molecular formula is C22H35N5O. The lowest BCUT2D eigenvalue weighted by atomic mass is 10.2. The van der Waals surface area contributed by atoms with Gasteiger partial charge in [-0.2, -0.15) is 0 Å². The molecular weight excluding hydrogens is 350 g/mol. The molecule has 1 heterocycles.